The van der Waals surface area contributed by atoms with Crippen LogP contribution in [0.2, 0.25) is 0 Å². The van der Waals surface area contributed by atoms with Crippen molar-refractivity contribution in [2.24, 2.45) is 0 Å². The molecule has 1 N–H and O–H groups in total. The van der Waals surface area contributed by atoms with Gasteiger partial charge in [-0.15, -0.1) is 0 Å². The third kappa shape index (κ3) is 4.69. The normalized spacial score (nSPS) is 17.6. The number of ether oxygens (including phenoxy) is 1. The fourth-order valence-electron chi connectivity index (χ4n) is 3.31. The highest BCUT2D eigenvalue weighted by Crippen LogP contribution is 2.16. The van der Waals surface area contributed by atoms with Crippen LogP contribution in [0.5, 0.6) is 0 Å². The van der Waals surface area contributed by atoms with Crippen molar-refractivity contribution < 1.29 is 9.53 Å². The van der Waals surface area contributed by atoms with Crippen molar-refractivity contribution in [2.75, 3.05) is 20.2 Å². The number of aromatic amines is 1. The Balaban J connectivity index is 1.52. The van der Waals surface area contributed by atoms with Gasteiger partial charge >= 0.3 is 0 Å². The van der Waals surface area contributed by atoms with Gasteiger partial charge in [-0.05, 0) is 49.6 Å². The van der Waals surface area contributed by atoms with Gasteiger partial charge in [-0.1, -0.05) is 18.2 Å². The average molecular weight is 342 g/mol. The first-order valence-corrected chi connectivity index (χ1v) is 9.10. The maximum atomic E-state index is 12.3. The molecule has 1 fully saturated rings. The van der Waals surface area contributed by atoms with Gasteiger partial charge in [0.05, 0.1) is 6.10 Å². The molecule has 1 amide bonds. The third-order valence-electron chi connectivity index (χ3n) is 4.92. The summed E-state index contributed by atoms with van der Waals surface area (Å²) in [6.07, 6.45) is 5.44. The molecule has 5 nitrogen and oxygen atoms in total. The lowest BCUT2D eigenvalue weighted by atomic mass is 10.1. The molecule has 2 aromatic rings. The Morgan fingerprint density at radius 3 is 2.96 bits per heavy atom. The Bertz CT molecular complexity index is 778. The number of para-hydroxylation sites is 1. The number of aromatic nitrogens is 1. The molecule has 0 saturated carbocycles. The molecule has 1 aromatic carbocycles. The number of hydrogen-bond acceptors (Lipinski definition) is 3. The Morgan fingerprint density at radius 2 is 2.16 bits per heavy atom. The topological polar surface area (TPSA) is 62.4 Å². The fourth-order valence-corrected chi connectivity index (χ4v) is 3.31. The highest BCUT2D eigenvalue weighted by Gasteiger charge is 2.16. The number of nitrogens with zero attached hydrogens (tertiary/aromatic N) is 1. The van der Waals surface area contributed by atoms with Gasteiger partial charge in [0.1, 0.15) is 0 Å². The minimum absolute atomic E-state index is 0.0726. The molecule has 0 bridgehead atoms. The fraction of sp³-hybridized carbons (Fsp3) is 0.500. The molecule has 134 valence electrons. The molecule has 1 aliphatic rings. The number of pyridine rings is 1. The summed E-state index contributed by atoms with van der Waals surface area (Å²) >= 11 is 0. The molecule has 25 heavy (non-hydrogen) atoms. The van der Waals surface area contributed by atoms with Crippen LogP contribution in [0.4, 0.5) is 0 Å². The summed E-state index contributed by atoms with van der Waals surface area (Å²) in [5.74, 6) is 0.0726. The van der Waals surface area contributed by atoms with Crippen molar-refractivity contribution in [1.29, 1.82) is 0 Å². The van der Waals surface area contributed by atoms with Crippen molar-refractivity contribution >= 4 is 16.8 Å². The first-order valence-electron chi connectivity index (χ1n) is 9.10. The highest BCUT2D eigenvalue weighted by atomic mass is 16.5. The summed E-state index contributed by atoms with van der Waals surface area (Å²) in [5, 5.41) is 0.993. The summed E-state index contributed by atoms with van der Waals surface area (Å²) in [5.41, 5.74) is 1.38. The van der Waals surface area contributed by atoms with Crippen LogP contribution in [-0.4, -0.2) is 42.1 Å². The maximum absolute atomic E-state index is 12.3. The first-order chi connectivity index (χ1) is 12.1. The molecule has 1 unspecified atom stereocenters. The molecular weight excluding hydrogens is 316 g/mol. The van der Waals surface area contributed by atoms with E-state index < -0.39 is 0 Å². The summed E-state index contributed by atoms with van der Waals surface area (Å²) in [4.78, 5) is 29.1. The van der Waals surface area contributed by atoms with E-state index in [4.69, 9.17) is 4.74 Å². The molecule has 0 radical (unpaired) electrons. The van der Waals surface area contributed by atoms with Crippen molar-refractivity contribution in [2.45, 2.75) is 44.6 Å². The minimum atomic E-state index is -0.107. The van der Waals surface area contributed by atoms with Gasteiger partial charge in [-0.25, -0.2) is 0 Å². The largest absolute Gasteiger partial charge is 0.378 e. The zero-order chi connectivity index (χ0) is 17.6. The minimum Gasteiger partial charge on any atom is -0.378 e. The second-order valence-electron chi connectivity index (χ2n) is 6.80. The van der Waals surface area contributed by atoms with Crippen molar-refractivity contribution in [3.63, 3.8) is 0 Å². The maximum Gasteiger partial charge on any atom is 0.251 e. The lowest BCUT2D eigenvalue weighted by molar-refractivity contribution is -0.130. The van der Waals surface area contributed by atoms with Crippen LogP contribution < -0.4 is 5.56 Å². The molecule has 1 saturated heterocycles. The second kappa shape index (κ2) is 8.30. The molecule has 5 heteroatoms. The zero-order valence-corrected chi connectivity index (χ0v) is 14.8. The van der Waals surface area contributed by atoms with Gasteiger partial charge in [0.15, 0.2) is 0 Å². The van der Waals surface area contributed by atoms with E-state index in [1.165, 1.54) is 6.42 Å². The third-order valence-corrected chi connectivity index (χ3v) is 4.92. The summed E-state index contributed by atoms with van der Waals surface area (Å²) in [7, 11) is 1.83. The standard InChI is InChI=1S/C20H26N2O3/c1-22(12-11-17-7-4-5-13-25-17)19(23)10-9-16-14-15-6-2-3-8-18(15)21-20(16)24/h2-3,6,8,14,17H,4-5,7,9-13H2,1H3,(H,21,24). The van der Waals surface area contributed by atoms with Gasteiger partial charge in [0.25, 0.3) is 5.56 Å². The number of amides is 1. The number of carbonyl (C=O) groups is 1. The average Bonchev–Trinajstić information content (AvgIpc) is 2.65. The number of nitrogens with one attached hydrogen (secondary N) is 1. The molecule has 3 rings (SSSR count). The lowest BCUT2D eigenvalue weighted by Crippen LogP contribution is -2.32. The molecule has 2 heterocycles. The summed E-state index contributed by atoms with van der Waals surface area (Å²) in [6, 6.07) is 9.57. The van der Waals surface area contributed by atoms with E-state index in [0.29, 0.717) is 24.9 Å². The van der Waals surface area contributed by atoms with Crippen LogP contribution in [-0.2, 0) is 16.0 Å². The van der Waals surface area contributed by atoms with Gasteiger partial charge < -0.3 is 14.6 Å². The lowest BCUT2D eigenvalue weighted by Gasteiger charge is -2.25. The molecule has 1 atom stereocenters. The van der Waals surface area contributed by atoms with E-state index in [1.807, 2.05) is 37.4 Å². The van der Waals surface area contributed by atoms with Crippen LogP contribution in [0.1, 0.15) is 37.7 Å². The van der Waals surface area contributed by atoms with Gasteiger partial charge in [-0.2, -0.15) is 0 Å². The number of carbonyl (C=O) groups excluding carboxylic acids is 1. The summed E-state index contributed by atoms with van der Waals surface area (Å²) in [6.45, 7) is 1.55. The van der Waals surface area contributed by atoms with E-state index in [1.54, 1.807) is 4.90 Å². The predicted octanol–water partition coefficient (Wildman–Crippen LogP) is 2.88. The number of benzene rings is 1. The van der Waals surface area contributed by atoms with Gasteiger partial charge in [0.2, 0.25) is 5.91 Å². The Labute approximate surface area is 148 Å². The van der Waals surface area contributed by atoms with E-state index in [0.717, 1.165) is 36.8 Å². The monoisotopic (exact) mass is 342 g/mol. The number of aryl methyl sites for hydroxylation is 1. The molecule has 1 aliphatic heterocycles. The summed E-state index contributed by atoms with van der Waals surface area (Å²) < 4.78 is 5.71. The van der Waals surface area contributed by atoms with E-state index in [2.05, 4.69) is 4.98 Å². The SMILES string of the molecule is CN(CCC1CCCCO1)C(=O)CCc1cc2ccccc2[nH]c1=O. The number of fused-ring (bicyclic) bond motifs is 1. The molecule has 0 spiro atoms. The number of H-pyrrole nitrogens is 1. The van der Waals surface area contributed by atoms with E-state index in [9.17, 15) is 9.59 Å². The van der Waals surface area contributed by atoms with Crippen LogP contribution in [0.3, 0.4) is 0 Å². The van der Waals surface area contributed by atoms with Gasteiger partial charge in [-0.3, -0.25) is 9.59 Å². The van der Waals surface area contributed by atoms with E-state index in [-0.39, 0.29) is 17.6 Å². The Kier molecular flexibility index (Phi) is 5.87. The van der Waals surface area contributed by atoms with Crippen molar-refractivity contribution in [3.8, 4) is 0 Å². The van der Waals surface area contributed by atoms with Crippen LogP contribution in [0.25, 0.3) is 10.9 Å². The van der Waals surface area contributed by atoms with Gasteiger partial charge in [0, 0.05) is 37.7 Å². The van der Waals surface area contributed by atoms with Crippen LogP contribution in [0, 0.1) is 0 Å². The number of hydrogen-bond donors (Lipinski definition) is 1. The van der Waals surface area contributed by atoms with Crippen LogP contribution in [0.15, 0.2) is 35.1 Å². The molecular formula is C20H26N2O3. The quantitative estimate of drug-likeness (QED) is 0.878. The second-order valence-corrected chi connectivity index (χ2v) is 6.80. The Morgan fingerprint density at radius 1 is 1.32 bits per heavy atom. The van der Waals surface area contributed by atoms with Crippen LogP contribution >= 0.6 is 0 Å². The van der Waals surface area contributed by atoms with Crippen molar-refractivity contribution in [1.82, 2.24) is 9.88 Å². The van der Waals surface area contributed by atoms with Crippen molar-refractivity contribution in [3.05, 3.63) is 46.2 Å². The molecule has 1 aromatic heterocycles. The highest BCUT2D eigenvalue weighted by molar-refractivity contribution is 5.79. The van der Waals surface area contributed by atoms with E-state index >= 15 is 0 Å². The predicted molar refractivity (Wildman–Crippen MR) is 98.7 cm³/mol. The number of rotatable bonds is 6. The smallest absolute Gasteiger partial charge is 0.251 e. The Hall–Kier alpha value is -2.14. The zero-order valence-electron chi connectivity index (χ0n) is 14.8. The molecule has 0 aliphatic carbocycles. The first kappa shape index (κ1) is 17.7.